The van der Waals surface area contributed by atoms with Crippen LogP contribution in [0.15, 0.2) is 32.4 Å². The maximum atomic E-state index is 12.5. The number of carbonyl (C=O) groups excluding carboxylic acids is 1. The largest absolute Gasteiger partial charge is 0.361 e. The van der Waals surface area contributed by atoms with E-state index in [1.54, 1.807) is 4.90 Å². The van der Waals surface area contributed by atoms with Crippen LogP contribution in [-0.4, -0.2) is 32.1 Å². The first-order valence-electron chi connectivity index (χ1n) is 7.57. The Bertz CT molecular complexity index is 819. The van der Waals surface area contributed by atoms with E-state index in [1.165, 1.54) is 16.8 Å². The molecule has 122 valence electrons. The highest BCUT2D eigenvalue weighted by Crippen LogP contribution is 2.31. The standard InChI is InChI=1S/C15H18N4O4/c1-10-9-11(17-23-10)12-3-2-6-19(12)14(21)5-8-18-7-4-13(20)16-15(18)22/h4,7,9,12H,2-3,5-6,8H2,1H3,(H,16,20,22)/t12-/m1/s1. The number of likely N-dealkylation sites (tertiary alicyclic amines) is 1. The first-order valence-corrected chi connectivity index (χ1v) is 7.57. The molecule has 0 spiro atoms. The van der Waals surface area contributed by atoms with Crippen LogP contribution < -0.4 is 11.2 Å². The van der Waals surface area contributed by atoms with Crippen molar-refractivity contribution in [2.75, 3.05) is 6.54 Å². The lowest BCUT2D eigenvalue weighted by molar-refractivity contribution is -0.132. The predicted octanol–water partition coefficient (Wildman–Crippen LogP) is 0.587. The monoisotopic (exact) mass is 318 g/mol. The second-order valence-electron chi connectivity index (χ2n) is 5.66. The van der Waals surface area contributed by atoms with Crippen molar-refractivity contribution in [2.24, 2.45) is 0 Å². The molecule has 2 aromatic heterocycles. The van der Waals surface area contributed by atoms with Crippen LogP contribution in [0.3, 0.4) is 0 Å². The molecule has 0 aliphatic carbocycles. The van der Waals surface area contributed by atoms with Gasteiger partial charge >= 0.3 is 5.69 Å². The summed E-state index contributed by atoms with van der Waals surface area (Å²) in [4.78, 5) is 39.1. The lowest BCUT2D eigenvalue weighted by Gasteiger charge is -2.23. The van der Waals surface area contributed by atoms with E-state index in [1.807, 2.05) is 13.0 Å². The third-order valence-electron chi connectivity index (χ3n) is 4.02. The van der Waals surface area contributed by atoms with Gasteiger partial charge in [0, 0.05) is 37.8 Å². The number of rotatable bonds is 4. The number of amides is 1. The van der Waals surface area contributed by atoms with Crippen molar-refractivity contribution in [3.8, 4) is 0 Å². The summed E-state index contributed by atoms with van der Waals surface area (Å²) in [5.74, 6) is 0.686. The Labute approximate surface area is 131 Å². The average Bonchev–Trinajstić information content (AvgIpc) is 3.14. The van der Waals surface area contributed by atoms with Gasteiger partial charge in [-0.2, -0.15) is 0 Å². The van der Waals surface area contributed by atoms with Gasteiger partial charge in [0.1, 0.15) is 11.5 Å². The second-order valence-corrected chi connectivity index (χ2v) is 5.66. The summed E-state index contributed by atoms with van der Waals surface area (Å²) in [7, 11) is 0. The second kappa shape index (κ2) is 6.23. The van der Waals surface area contributed by atoms with Crippen LogP contribution in [0.5, 0.6) is 0 Å². The van der Waals surface area contributed by atoms with E-state index in [-0.39, 0.29) is 24.9 Å². The van der Waals surface area contributed by atoms with Crippen molar-refractivity contribution in [1.29, 1.82) is 0 Å². The van der Waals surface area contributed by atoms with Gasteiger partial charge in [0.05, 0.1) is 6.04 Å². The number of nitrogens with one attached hydrogen (secondary N) is 1. The minimum Gasteiger partial charge on any atom is -0.361 e. The molecule has 0 saturated carbocycles. The van der Waals surface area contributed by atoms with Gasteiger partial charge in [-0.15, -0.1) is 0 Å². The molecule has 8 nitrogen and oxygen atoms in total. The highest BCUT2D eigenvalue weighted by molar-refractivity contribution is 5.76. The van der Waals surface area contributed by atoms with Crippen LogP contribution in [0.4, 0.5) is 0 Å². The first-order chi connectivity index (χ1) is 11.0. The molecular weight excluding hydrogens is 300 g/mol. The lowest BCUT2D eigenvalue weighted by Crippen LogP contribution is -2.34. The van der Waals surface area contributed by atoms with Gasteiger partial charge in [0.15, 0.2) is 0 Å². The first kappa shape index (κ1) is 15.3. The quantitative estimate of drug-likeness (QED) is 0.889. The minimum absolute atomic E-state index is 0.0359. The molecule has 2 aromatic rings. The molecule has 0 bridgehead atoms. The zero-order chi connectivity index (χ0) is 16.4. The van der Waals surface area contributed by atoms with Crippen molar-refractivity contribution in [3.05, 3.63) is 50.6 Å². The third kappa shape index (κ3) is 3.25. The summed E-state index contributed by atoms with van der Waals surface area (Å²) < 4.78 is 6.42. The summed E-state index contributed by atoms with van der Waals surface area (Å²) in [6, 6.07) is 3.05. The van der Waals surface area contributed by atoms with Crippen molar-refractivity contribution in [3.63, 3.8) is 0 Å². The molecule has 1 atom stereocenters. The fourth-order valence-electron chi connectivity index (χ4n) is 2.90. The molecule has 3 rings (SSSR count). The number of hydrogen-bond acceptors (Lipinski definition) is 5. The number of aromatic nitrogens is 3. The Kier molecular flexibility index (Phi) is 4.14. The molecule has 1 aliphatic rings. The van der Waals surface area contributed by atoms with Crippen molar-refractivity contribution in [1.82, 2.24) is 19.6 Å². The summed E-state index contributed by atoms with van der Waals surface area (Å²) in [6.45, 7) is 2.73. The summed E-state index contributed by atoms with van der Waals surface area (Å²) in [5, 5.41) is 4.01. The maximum Gasteiger partial charge on any atom is 0.328 e. The minimum atomic E-state index is -0.504. The Morgan fingerprint density at radius 2 is 2.30 bits per heavy atom. The molecule has 8 heteroatoms. The fourth-order valence-corrected chi connectivity index (χ4v) is 2.90. The predicted molar refractivity (Wildman–Crippen MR) is 80.9 cm³/mol. The average molecular weight is 318 g/mol. The molecule has 3 heterocycles. The Morgan fingerprint density at radius 1 is 1.48 bits per heavy atom. The molecule has 0 unspecified atom stereocenters. The molecule has 23 heavy (non-hydrogen) atoms. The van der Waals surface area contributed by atoms with E-state index in [0.29, 0.717) is 6.54 Å². The lowest BCUT2D eigenvalue weighted by atomic mass is 10.1. The van der Waals surface area contributed by atoms with Crippen LogP contribution in [0.25, 0.3) is 0 Å². The van der Waals surface area contributed by atoms with E-state index in [9.17, 15) is 14.4 Å². The van der Waals surface area contributed by atoms with E-state index in [2.05, 4.69) is 10.1 Å². The van der Waals surface area contributed by atoms with E-state index in [0.717, 1.165) is 24.3 Å². The zero-order valence-corrected chi connectivity index (χ0v) is 12.8. The van der Waals surface area contributed by atoms with Gasteiger partial charge in [0.2, 0.25) is 5.91 Å². The van der Waals surface area contributed by atoms with Crippen LogP contribution >= 0.6 is 0 Å². The molecule has 1 aliphatic heterocycles. The molecule has 1 saturated heterocycles. The van der Waals surface area contributed by atoms with E-state index < -0.39 is 11.2 Å². The fraction of sp³-hybridized carbons (Fsp3) is 0.467. The molecular formula is C15H18N4O4. The smallest absolute Gasteiger partial charge is 0.328 e. The Morgan fingerprint density at radius 3 is 3.00 bits per heavy atom. The van der Waals surface area contributed by atoms with Gasteiger partial charge in [-0.25, -0.2) is 4.79 Å². The number of hydrogen-bond donors (Lipinski definition) is 1. The van der Waals surface area contributed by atoms with Gasteiger partial charge in [-0.1, -0.05) is 5.16 Å². The Balaban J connectivity index is 1.67. The van der Waals surface area contributed by atoms with E-state index in [4.69, 9.17) is 4.52 Å². The third-order valence-corrected chi connectivity index (χ3v) is 4.02. The molecule has 1 N–H and O–H groups in total. The number of carbonyl (C=O) groups is 1. The maximum absolute atomic E-state index is 12.5. The molecule has 1 fully saturated rings. The number of nitrogens with zero attached hydrogens (tertiary/aromatic N) is 3. The van der Waals surface area contributed by atoms with Gasteiger partial charge in [-0.05, 0) is 19.8 Å². The number of aromatic amines is 1. The highest BCUT2D eigenvalue weighted by Gasteiger charge is 2.31. The van der Waals surface area contributed by atoms with Gasteiger partial charge in [0.25, 0.3) is 5.56 Å². The van der Waals surface area contributed by atoms with Crippen LogP contribution in [-0.2, 0) is 11.3 Å². The van der Waals surface area contributed by atoms with Crippen LogP contribution in [0.1, 0.15) is 36.8 Å². The molecule has 0 aromatic carbocycles. The van der Waals surface area contributed by atoms with Gasteiger partial charge < -0.3 is 14.0 Å². The number of aryl methyl sites for hydroxylation is 2. The zero-order valence-electron chi connectivity index (χ0n) is 12.8. The Hall–Kier alpha value is -2.64. The van der Waals surface area contributed by atoms with Crippen molar-refractivity contribution < 1.29 is 9.32 Å². The van der Waals surface area contributed by atoms with Crippen LogP contribution in [0.2, 0.25) is 0 Å². The van der Waals surface area contributed by atoms with Crippen LogP contribution in [0, 0.1) is 6.92 Å². The van der Waals surface area contributed by atoms with Gasteiger partial charge in [-0.3, -0.25) is 14.6 Å². The number of H-pyrrole nitrogens is 1. The summed E-state index contributed by atoms with van der Waals surface area (Å²) >= 11 is 0. The summed E-state index contributed by atoms with van der Waals surface area (Å²) in [6.07, 6.45) is 3.37. The summed E-state index contributed by atoms with van der Waals surface area (Å²) in [5.41, 5.74) is -0.177. The van der Waals surface area contributed by atoms with Crippen molar-refractivity contribution in [2.45, 2.75) is 38.8 Å². The van der Waals surface area contributed by atoms with E-state index >= 15 is 0 Å². The molecule has 0 radical (unpaired) electrons. The van der Waals surface area contributed by atoms with Crippen molar-refractivity contribution >= 4 is 5.91 Å². The SMILES string of the molecule is Cc1cc([C@H]2CCCN2C(=O)CCn2ccc(=O)[nH]c2=O)no1. The molecule has 1 amide bonds. The normalized spacial score (nSPS) is 17.6. The highest BCUT2D eigenvalue weighted by atomic mass is 16.5. The topological polar surface area (TPSA) is 101 Å².